The Bertz CT molecular complexity index is 391. The summed E-state index contributed by atoms with van der Waals surface area (Å²) < 4.78 is 0. The molecule has 1 aromatic rings. The van der Waals surface area contributed by atoms with Crippen molar-refractivity contribution >= 4 is 0 Å². The smallest absolute Gasteiger partial charge is 0.0677 e. The monoisotopic (exact) mass is 247 g/mol. The van der Waals surface area contributed by atoms with Crippen LogP contribution in [0.25, 0.3) is 0 Å². The van der Waals surface area contributed by atoms with Gasteiger partial charge in [-0.1, -0.05) is 6.07 Å². The van der Waals surface area contributed by atoms with Gasteiger partial charge in [-0.15, -0.1) is 0 Å². The lowest BCUT2D eigenvalue weighted by molar-refractivity contribution is 0.0363. The number of aromatic nitrogens is 1. The second kappa shape index (κ2) is 4.98. The first-order valence-corrected chi connectivity index (χ1v) is 6.84. The molecular weight excluding hydrogens is 222 g/mol. The Morgan fingerprint density at radius 1 is 1.33 bits per heavy atom. The molecule has 0 spiro atoms. The van der Waals surface area contributed by atoms with Crippen LogP contribution < -0.4 is 5.73 Å². The number of nitrogens with two attached hydrogens (primary N) is 1. The van der Waals surface area contributed by atoms with E-state index in [1.54, 1.807) is 0 Å². The fraction of sp³-hybridized carbons (Fsp3) is 0.667. The summed E-state index contributed by atoms with van der Waals surface area (Å²) in [6, 6.07) is 4.70. The summed E-state index contributed by atoms with van der Waals surface area (Å²) in [5, 5.41) is 0. The Morgan fingerprint density at radius 3 is 2.61 bits per heavy atom. The van der Waals surface area contributed by atoms with Crippen molar-refractivity contribution < 1.29 is 0 Å². The molecule has 2 atom stereocenters. The Kier molecular flexibility index (Phi) is 3.74. The first kappa shape index (κ1) is 13.5. The molecule has 0 radical (unpaired) electrons. The zero-order chi connectivity index (χ0) is 13.3. The lowest BCUT2D eigenvalue weighted by atomic mass is 9.89. The summed E-state index contributed by atoms with van der Waals surface area (Å²) in [6.07, 6.45) is 4.21. The van der Waals surface area contributed by atoms with Gasteiger partial charge in [0.15, 0.2) is 0 Å². The lowest BCUT2D eigenvalue weighted by Gasteiger charge is -2.47. The van der Waals surface area contributed by atoms with Crippen LogP contribution in [0, 0.1) is 6.92 Å². The minimum Gasteiger partial charge on any atom is -0.326 e. The van der Waals surface area contributed by atoms with E-state index < -0.39 is 0 Å². The van der Waals surface area contributed by atoms with Crippen molar-refractivity contribution in [1.29, 1.82) is 0 Å². The van der Waals surface area contributed by atoms with Crippen molar-refractivity contribution in [2.45, 2.75) is 58.2 Å². The summed E-state index contributed by atoms with van der Waals surface area (Å²) in [6.45, 7) is 9.95. The molecule has 18 heavy (non-hydrogen) atoms. The highest BCUT2D eigenvalue weighted by Crippen LogP contribution is 2.34. The van der Waals surface area contributed by atoms with Gasteiger partial charge in [0.25, 0.3) is 0 Å². The molecule has 2 N–H and O–H groups in total. The molecule has 3 nitrogen and oxygen atoms in total. The second-order valence-corrected chi connectivity index (χ2v) is 6.38. The summed E-state index contributed by atoms with van der Waals surface area (Å²) in [5.74, 6) is 0. The number of hydrogen-bond donors (Lipinski definition) is 1. The minimum atomic E-state index is 0.134. The highest BCUT2D eigenvalue weighted by Gasteiger charge is 2.37. The molecule has 0 aliphatic carbocycles. The van der Waals surface area contributed by atoms with E-state index in [0.717, 1.165) is 18.7 Å². The number of hydrogen-bond acceptors (Lipinski definition) is 3. The third-order valence-electron chi connectivity index (χ3n) is 3.78. The van der Waals surface area contributed by atoms with Crippen LogP contribution in [0.5, 0.6) is 0 Å². The summed E-state index contributed by atoms with van der Waals surface area (Å²) in [7, 11) is 0. The van der Waals surface area contributed by atoms with Gasteiger partial charge >= 0.3 is 0 Å². The molecule has 1 fully saturated rings. The number of pyridine rings is 1. The van der Waals surface area contributed by atoms with Gasteiger partial charge in [0.1, 0.15) is 0 Å². The predicted octanol–water partition coefficient (Wildman–Crippen LogP) is 2.65. The molecule has 0 amide bonds. The number of piperidine rings is 1. The standard InChI is InChI=1S/C15H25N3/c1-11-7-8-13(17-10-11)14-12(16)6-5-9-18(14)15(2,3)4/h7-8,10,12,14H,5-6,9,16H2,1-4H3. The Balaban J connectivity index is 2.33. The second-order valence-electron chi connectivity index (χ2n) is 6.38. The third-order valence-corrected chi connectivity index (χ3v) is 3.78. The van der Waals surface area contributed by atoms with E-state index in [1.165, 1.54) is 12.0 Å². The van der Waals surface area contributed by atoms with Crippen LogP contribution in [-0.2, 0) is 0 Å². The first-order chi connectivity index (χ1) is 8.39. The topological polar surface area (TPSA) is 42.1 Å². The van der Waals surface area contributed by atoms with Gasteiger partial charge in [-0.25, -0.2) is 0 Å². The van der Waals surface area contributed by atoms with Crippen LogP contribution in [0.3, 0.4) is 0 Å². The van der Waals surface area contributed by atoms with E-state index in [4.69, 9.17) is 5.73 Å². The van der Waals surface area contributed by atoms with Crippen molar-refractivity contribution in [2.75, 3.05) is 6.54 Å². The third kappa shape index (κ3) is 2.73. The maximum Gasteiger partial charge on any atom is 0.0677 e. The van der Waals surface area contributed by atoms with Gasteiger partial charge in [0.05, 0.1) is 11.7 Å². The van der Waals surface area contributed by atoms with Gasteiger partial charge in [-0.05, 0) is 58.7 Å². The fourth-order valence-electron chi connectivity index (χ4n) is 2.81. The Hall–Kier alpha value is -0.930. The molecule has 0 bridgehead atoms. The quantitative estimate of drug-likeness (QED) is 0.829. The van der Waals surface area contributed by atoms with E-state index in [2.05, 4.69) is 49.7 Å². The summed E-state index contributed by atoms with van der Waals surface area (Å²) in [4.78, 5) is 7.09. The molecule has 2 rings (SSSR count). The number of rotatable bonds is 1. The first-order valence-electron chi connectivity index (χ1n) is 6.84. The molecule has 0 saturated carbocycles. The van der Waals surface area contributed by atoms with E-state index >= 15 is 0 Å². The van der Waals surface area contributed by atoms with Crippen molar-refractivity contribution in [3.63, 3.8) is 0 Å². The fourth-order valence-corrected chi connectivity index (χ4v) is 2.81. The summed E-state index contributed by atoms with van der Waals surface area (Å²) >= 11 is 0. The summed E-state index contributed by atoms with van der Waals surface area (Å²) in [5.41, 5.74) is 8.80. The van der Waals surface area contributed by atoms with E-state index in [0.29, 0.717) is 0 Å². The maximum atomic E-state index is 6.35. The molecule has 2 heterocycles. The molecule has 1 saturated heterocycles. The molecule has 1 aliphatic rings. The van der Waals surface area contributed by atoms with Crippen LogP contribution in [0.1, 0.15) is 50.9 Å². The van der Waals surface area contributed by atoms with E-state index in [-0.39, 0.29) is 17.6 Å². The number of likely N-dealkylation sites (tertiary alicyclic amines) is 1. The van der Waals surface area contributed by atoms with E-state index in [1.807, 2.05) is 6.20 Å². The largest absolute Gasteiger partial charge is 0.326 e. The van der Waals surface area contributed by atoms with Crippen molar-refractivity contribution in [3.05, 3.63) is 29.6 Å². The molecule has 1 aliphatic heterocycles. The van der Waals surface area contributed by atoms with Gasteiger partial charge in [-0.3, -0.25) is 9.88 Å². The Morgan fingerprint density at radius 2 is 2.06 bits per heavy atom. The van der Waals surface area contributed by atoms with Crippen LogP contribution in [0.15, 0.2) is 18.3 Å². The van der Waals surface area contributed by atoms with Crippen LogP contribution in [0.4, 0.5) is 0 Å². The zero-order valence-electron chi connectivity index (χ0n) is 12.0. The van der Waals surface area contributed by atoms with Crippen LogP contribution in [-0.4, -0.2) is 28.0 Å². The van der Waals surface area contributed by atoms with E-state index in [9.17, 15) is 0 Å². The SMILES string of the molecule is Cc1ccc(C2C(N)CCCN2C(C)(C)C)nc1. The van der Waals surface area contributed by atoms with Crippen molar-refractivity contribution in [2.24, 2.45) is 5.73 Å². The normalized spacial score (nSPS) is 26.3. The molecule has 3 heteroatoms. The maximum absolute atomic E-state index is 6.35. The highest BCUT2D eigenvalue weighted by atomic mass is 15.2. The van der Waals surface area contributed by atoms with Crippen LogP contribution >= 0.6 is 0 Å². The van der Waals surface area contributed by atoms with Gasteiger partial charge in [0, 0.05) is 17.8 Å². The van der Waals surface area contributed by atoms with Gasteiger partial charge in [-0.2, -0.15) is 0 Å². The average Bonchev–Trinajstić information content (AvgIpc) is 2.29. The molecule has 0 aromatic carbocycles. The number of nitrogens with zero attached hydrogens (tertiary/aromatic N) is 2. The predicted molar refractivity (Wildman–Crippen MR) is 75.4 cm³/mol. The molecule has 2 unspecified atom stereocenters. The number of aryl methyl sites for hydroxylation is 1. The van der Waals surface area contributed by atoms with Gasteiger partial charge in [0.2, 0.25) is 0 Å². The van der Waals surface area contributed by atoms with Crippen molar-refractivity contribution in [1.82, 2.24) is 9.88 Å². The average molecular weight is 247 g/mol. The van der Waals surface area contributed by atoms with Crippen molar-refractivity contribution in [3.8, 4) is 0 Å². The van der Waals surface area contributed by atoms with Gasteiger partial charge < -0.3 is 5.73 Å². The Labute approximate surface area is 110 Å². The minimum absolute atomic E-state index is 0.134. The highest BCUT2D eigenvalue weighted by molar-refractivity contribution is 5.18. The molecular formula is C15H25N3. The molecule has 1 aromatic heterocycles. The zero-order valence-corrected chi connectivity index (χ0v) is 12.0. The molecule has 100 valence electrons. The lowest BCUT2D eigenvalue weighted by Crippen LogP contribution is -2.53. The van der Waals surface area contributed by atoms with Crippen LogP contribution in [0.2, 0.25) is 0 Å².